The molecule has 0 radical (unpaired) electrons. The Labute approximate surface area is 160 Å². The third-order valence-corrected chi connectivity index (χ3v) is 5.15. The van der Waals surface area contributed by atoms with Crippen molar-refractivity contribution in [1.29, 1.82) is 0 Å². The summed E-state index contributed by atoms with van der Waals surface area (Å²) in [4.78, 5) is 0. The third-order valence-electron chi connectivity index (χ3n) is 5.15. The van der Waals surface area contributed by atoms with Crippen LogP contribution in [-0.2, 0) is 0 Å². The van der Waals surface area contributed by atoms with E-state index in [2.05, 4.69) is 28.1 Å². The Morgan fingerprint density at radius 1 is 0.560 bits per heavy atom. The first-order valence-electron chi connectivity index (χ1n) is 11.4. The van der Waals surface area contributed by atoms with Crippen molar-refractivity contribution in [2.24, 2.45) is 0 Å². The van der Waals surface area contributed by atoms with Crippen LogP contribution in [0.15, 0.2) is 0 Å². The van der Waals surface area contributed by atoms with E-state index in [0.29, 0.717) is 0 Å². The lowest BCUT2D eigenvalue weighted by molar-refractivity contribution is -0.873. The van der Waals surface area contributed by atoms with E-state index in [9.17, 15) is 5.11 Å². The van der Waals surface area contributed by atoms with E-state index in [1.54, 1.807) is 0 Å². The van der Waals surface area contributed by atoms with E-state index in [1.165, 1.54) is 103 Å². The molecule has 152 valence electrons. The van der Waals surface area contributed by atoms with Gasteiger partial charge in [0.2, 0.25) is 0 Å². The largest absolute Gasteiger partial charge is 0.387 e. The zero-order valence-electron chi connectivity index (χ0n) is 18.2. The molecule has 25 heavy (non-hydrogen) atoms. The number of rotatable bonds is 19. The lowest BCUT2D eigenvalue weighted by Crippen LogP contribution is -2.41. The maximum Gasteiger partial charge on any atom is 0.104 e. The quantitative estimate of drug-likeness (QED) is 0.201. The number of quaternary nitrogens is 1. The first-order valence-corrected chi connectivity index (χ1v) is 11.4. The lowest BCUT2D eigenvalue weighted by Gasteiger charge is -2.26. The average Bonchev–Trinajstić information content (AvgIpc) is 2.53. The van der Waals surface area contributed by atoms with Crippen LogP contribution in [0.4, 0.5) is 0 Å². The van der Waals surface area contributed by atoms with Crippen molar-refractivity contribution in [3.05, 3.63) is 0 Å². The lowest BCUT2D eigenvalue weighted by atomic mass is 10.0. The summed E-state index contributed by atoms with van der Waals surface area (Å²) in [6.07, 6.45) is 23.4. The smallest absolute Gasteiger partial charge is 0.104 e. The molecule has 0 amide bonds. The van der Waals surface area contributed by atoms with Gasteiger partial charge < -0.3 is 9.59 Å². The minimum Gasteiger partial charge on any atom is -0.387 e. The molecule has 0 saturated heterocycles. The third kappa shape index (κ3) is 21.9. The molecule has 0 aromatic carbocycles. The molecule has 0 saturated carbocycles. The van der Waals surface area contributed by atoms with E-state index in [4.69, 9.17) is 0 Å². The van der Waals surface area contributed by atoms with Crippen molar-refractivity contribution in [3.63, 3.8) is 0 Å². The molecule has 0 rings (SSSR count). The van der Waals surface area contributed by atoms with Crippen LogP contribution in [0.2, 0.25) is 0 Å². The van der Waals surface area contributed by atoms with E-state index in [-0.39, 0.29) is 6.10 Å². The summed E-state index contributed by atoms with van der Waals surface area (Å²) in [5.41, 5.74) is 0. The van der Waals surface area contributed by atoms with Gasteiger partial charge in [-0.1, -0.05) is 110 Å². The highest BCUT2D eigenvalue weighted by molar-refractivity contribution is 4.55. The Hall–Kier alpha value is -0.0800. The molecule has 1 unspecified atom stereocenters. The molecule has 2 heteroatoms. The minimum atomic E-state index is -0.119. The number of hydrogen-bond acceptors (Lipinski definition) is 1. The molecule has 1 N–H and O–H groups in total. The highest BCUT2D eigenvalue weighted by Crippen LogP contribution is 2.14. The van der Waals surface area contributed by atoms with Gasteiger partial charge >= 0.3 is 0 Å². The van der Waals surface area contributed by atoms with Crippen LogP contribution < -0.4 is 0 Å². The van der Waals surface area contributed by atoms with Crippen LogP contribution in [0, 0.1) is 0 Å². The maximum absolute atomic E-state index is 9.98. The fraction of sp³-hybridized carbons (Fsp3) is 1.00. The molecular weight excluding hydrogens is 306 g/mol. The standard InChI is InChI=1S/C23H50NO/c1-5-6-7-8-9-10-11-12-13-14-15-16-17-18-19-20-21-23(25)22-24(2,3)4/h23,25H,5-22H2,1-4H3/q+1. The van der Waals surface area contributed by atoms with E-state index in [1.807, 2.05) is 0 Å². The molecule has 2 nitrogen and oxygen atoms in total. The predicted octanol–water partition coefficient (Wildman–Crippen LogP) is 6.71. The van der Waals surface area contributed by atoms with Gasteiger partial charge in [0.05, 0.1) is 21.1 Å². The monoisotopic (exact) mass is 356 g/mol. The number of hydrogen-bond donors (Lipinski definition) is 1. The van der Waals surface area contributed by atoms with Gasteiger partial charge in [-0.3, -0.25) is 0 Å². The highest BCUT2D eigenvalue weighted by Gasteiger charge is 2.14. The number of aliphatic hydroxyl groups excluding tert-OH is 1. The Morgan fingerprint density at radius 3 is 1.20 bits per heavy atom. The molecule has 0 aliphatic heterocycles. The SMILES string of the molecule is CCCCCCCCCCCCCCCCCCC(O)C[N+](C)(C)C. The van der Waals surface area contributed by atoms with Crippen molar-refractivity contribution in [2.75, 3.05) is 27.7 Å². The van der Waals surface area contributed by atoms with Gasteiger partial charge in [-0.05, 0) is 6.42 Å². The summed E-state index contributed by atoms with van der Waals surface area (Å²) in [7, 11) is 6.45. The van der Waals surface area contributed by atoms with Crippen LogP contribution in [-0.4, -0.2) is 43.4 Å². The van der Waals surface area contributed by atoms with Gasteiger partial charge in [-0.15, -0.1) is 0 Å². The van der Waals surface area contributed by atoms with Gasteiger partial charge in [-0.2, -0.15) is 0 Å². The van der Waals surface area contributed by atoms with E-state index in [0.717, 1.165) is 17.4 Å². The molecule has 0 aliphatic rings. The Kier molecular flexibility index (Phi) is 17.3. The Balaban J connectivity index is 3.12. The van der Waals surface area contributed by atoms with Crippen molar-refractivity contribution < 1.29 is 9.59 Å². The highest BCUT2D eigenvalue weighted by atomic mass is 16.3. The molecule has 1 atom stereocenters. The van der Waals surface area contributed by atoms with Crippen molar-refractivity contribution >= 4 is 0 Å². The second kappa shape index (κ2) is 17.3. The first kappa shape index (κ1) is 24.9. The van der Waals surface area contributed by atoms with E-state index >= 15 is 0 Å². The second-order valence-electron chi connectivity index (χ2n) is 9.22. The maximum atomic E-state index is 9.98. The van der Waals surface area contributed by atoms with E-state index < -0.39 is 0 Å². The molecule has 0 bridgehead atoms. The molecular formula is C23H50NO+. The van der Waals surface area contributed by atoms with Crippen LogP contribution in [0.1, 0.15) is 116 Å². The van der Waals surface area contributed by atoms with Crippen LogP contribution >= 0.6 is 0 Å². The summed E-state index contributed by atoms with van der Waals surface area (Å²) >= 11 is 0. The molecule has 0 spiro atoms. The zero-order chi connectivity index (χ0) is 18.8. The molecule has 0 heterocycles. The summed E-state index contributed by atoms with van der Waals surface area (Å²) < 4.78 is 0.861. The van der Waals surface area contributed by atoms with Gasteiger partial charge in [0.25, 0.3) is 0 Å². The number of aliphatic hydroxyl groups is 1. The van der Waals surface area contributed by atoms with Crippen LogP contribution in [0.3, 0.4) is 0 Å². The molecule has 0 aromatic rings. The predicted molar refractivity (Wildman–Crippen MR) is 113 cm³/mol. The normalized spacial score (nSPS) is 13.3. The van der Waals surface area contributed by atoms with Gasteiger partial charge in [0, 0.05) is 0 Å². The zero-order valence-corrected chi connectivity index (χ0v) is 18.2. The summed E-state index contributed by atoms with van der Waals surface area (Å²) in [5.74, 6) is 0. The fourth-order valence-electron chi connectivity index (χ4n) is 3.65. The van der Waals surface area contributed by atoms with Gasteiger partial charge in [-0.25, -0.2) is 0 Å². The summed E-state index contributed by atoms with van der Waals surface area (Å²) in [6.45, 7) is 3.16. The van der Waals surface area contributed by atoms with Crippen LogP contribution in [0.25, 0.3) is 0 Å². The second-order valence-corrected chi connectivity index (χ2v) is 9.22. The van der Waals surface area contributed by atoms with Crippen molar-refractivity contribution in [1.82, 2.24) is 0 Å². The number of nitrogens with zero attached hydrogens (tertiary/aromatic N) is 1. The Morgan fingerprint density at radius 2 is 0.880 bits per heavy atom. The topological polar surface area (TPSA) is 20.2 Å². The summed E-state index contributed by atoms with van der Waals surface area (Å²) in [6, 6.07) is 0. The fourth-order valence-corrected chi connectivity index (χ4v) is 3.65. The minimum absolute atomic E-state index is 0.119. The molecule has 0 aromatic heterocycles. The molecule has 0 fully saturated rings. The summed E-state index contributed by atoms with van der Waals surface area (Å²) in [5, 5.41) is 9.98. The van der Waals surface area contributed by atoms with Crippen molar-refractivity contribution in [2.45, 2.75) is 122 Å². The van der Waals surface area contributed by atoms with Crippen molar-refractivity contribution in [3.8, 4) is 0 Å². The van der Waals surface area contributed by atoms with Gasteiger partial charge in [0.1, 0.15) is 12.6 Å². The van der Waals surface area contributed by atoms with Gasteiger partial charge in [0.15, 0.2) is 0 Å². The Bertz CT molecular complexity index is 259. The molecule has 0 aliphatic carbocycles. The van der Waals surface area contributed by atoms with Crippen LogP contribution in [0.5, 0.6) is 0 Å². The average molecular weight is 357 g/mol. The number of likely N-dealkylation sites (N-methyl/N-ethyl adjacent to an activating group) is 1. The number of unbranched alkanes of at least 4 members (excludes halogenated alkanes) is 15. The first-order chi connectivity index (χ1) is 12.0.